The molecule has 0 bridgehead atoms. The number of nitrogens with one attached hydrogen (secondary N) is 1. The fraction of sp³-hybridized carbons (Fsp3) is 0. The number of rotatable bonds is 2. The number of anilines is 3. The summed E-state index contributed by atoms with van der Waals surface area (Å²) < 4.78 is 1.12. The second kappa shape index (κ2) is 4.59. The minimum absolute atomic E-state index is 0.556. The normalized spacial score (nSPS) is 10.3. The second-order valence-electron chi connectivity index (χ2n) is 4.07. The van der Waals surface area contributed by atoms with Crippen LogP contribution in [0.2, 0.25) is 0 Å². The molecule has 0 atom stereocenters. The summed E-state index contributed by atoms with van der Waals surface area (Å²) in [5.74, 6) is 0. The maximum absolute atomic E-state index is 8.81. The van der Waals surface area contributed by atoms with Crippen molar-refractivity contribution in [2.24, 2.45) is 0 Å². The molecule has 0 spiro atoms. The van der Waals surface area contributed by atoms with E-state index in [0.29, 0.717) is 11.3 Å². The fourth-order valence-electron chi connectivity index (χ4n) is 1.83. The van der Waals surface area contributed by atoms with E-state index in [1.165, 1.54) is 0 Å². The molecule has 19 heavy (non-hydrogen) atoms. The SMILES string of the molecule is N#Cc1ccc(Nc2ccc3ncsc3c2)c(N)c1. The zero-order chi connectivity index (χ0) is 13.2. The number of nitrogens with two attached hydrogens (primary N) is 1. The molecule has 0 aliphatic rings. The van der Waals surface area contributed by atoms with Gasteiger partial charge in [-0.25, -0.2) is 4.98 Å². The van der Waals surface area contributed by atoms with Crippen LogP contribution in [0.15, 0.2) is 41.9 Å². The summed E-state index contributed by atoms with van der Waals surface area (Å²) in [6, 6.07) is 13.2. The third kappa shape index (κ3) is 2.21. The van der Waals surface area contributed by atoms with Crippen molar-refractivity contribution >= 4 is 38.6 Å². The van der Waals surface area contributed by atoms with Crippen molar-refractivity contribution in [1.29, 1.82) is 5.26 Å². The van der Waals surface area contributed by atoms with Gasteiger partial charge in [0.25, 0.3) is 0 Å². The van der Waals surface area contributed by atoms with Crippen molar-refractivity contribution in [3.05, 3.63) is 47.5 Å². The van der Waals surface area contributed by atoms with E-state index < -0.39 is 0 Å². The van der Waals surface area contributed by atoms with E-state index in [0.717, 1.165) is 21.6 Å². The quantitative estimate of drug-likeness (QED) is 0.696. The Kier molecular flexibility index (Phi) is 2.78. The zero-order valence-electron chi connectivity index (χ0n) is 9.92. The van der Waals surface area contributed by atoms with E-state index in [4.69, 9.17) is 11.0 Å². The first kappa shape index (κ1) is 11.5. The molecular formula is C14H10N4S. The molecule has 92 valence electrons. The van der Waals surface area contributed by atoms with E-state index in [2.05, 4.69) is 16.4 Å². The maximum Gasteiger partial charge on any atom is 0.0992 e. The predicted molar refractivity (Wildman–Crippen MR) is 78.5 cm³/mol. The molecule has 1 aromatic heterocycles. The first-order chi connectivity index (χ1) is 9.26. The lowest BCUT2D eigenvalue weighted by Gasteiger charge is -2.09. The van der Waals surface area contributed by atoms with Gasteiger partial charge >= 0.3 is 0 Å². The summed E-state index contributed by atoms with van der Waals surface area (Å²) in [5.41, 5.74) is 11.6. The maximum atomic E-state index is 8.81. The average Bonchev–Trinajstić information content (AvgIpc) is 2.88. The molecule has 3 N–H and O–H groups in total. The van der Waals surface area contributed by atoms with Crippen molar-refractivity contribution in [3.8, 4) is 6.07 Å². The molecule has 1 heterocycles. The van der Waals surface area contributed by atoms with Gasteiger partial charge in [0.15, 0.2) is 0 Å². The first-order valence-electron chi connectivity index (χ1n) is 5.66. The van der Waals surface area contributed by atoms with Crippen LogP contribution >= 0.6 is 11.3 Å². The number of nitrogen functional groups attached to an aromatic ring is 1. The lowest BCUT2D eigenvalue weighted by molar-refractivity contribution is 1.47. The van der Waals surface area contributed by atoms with E-state index in [1.807, 2.05) is 29.8 Å². The second-order valence-corrected chi connectivity index (χ2v) is 4.96. The first-order valence-corrected chi connectivity index (χ1v) is 6.54. The molecule has 0 saturated carbocycles. The monoisotopic (exact) mass is 266 g/mol. The number of aromatic nitrogens is 1. The number of nitrogens with zero attached hydrogens (tertiary/aromatic N) is 2. The summed E-state index contributed by atoms with van der Waals surface area (Å²) >= 11 is 1.60. The molecule has 0 saturated heterocycles. The number of nitriles is 1. The van der Waals surface area contributed by atoms with Crippen molar-refractivity contribution < 1.29 is 0 Å². The molecule has 0 aliphatic carbocycles. The number of thiazole rings is 1. The number of benzene rings is 2. The van der Waals surface area contributed by atoms with E-state index in [9.17, 15) is 0 Å². The van der Waals surface area contributed by atoms with Crippen molar-refractivity contribution in [2.75, 3.05) is 11.1 Å². The van der Waals surface area contributed by atoms with E-state index >= 15 is 0 Å². The van der Waals surface area contributed by atoms with Gasteiger partial charge in [0.2, 0.25) is 0 Å². The lowest BCUT2D eigenvalue weighted by Crippen LogP contribution is -1.96. The number of hydrogen-bond acceptors (Lipinski definition) is 5. The minimum Gasteiger partial charge on any atom is -0.397 e. The number of fused-ring (bicyclic) bond motifs is 1. The number of hydrogen-bond donors (Lipinski definition) is 2. The minimum atomic E-state index is 0.556. The van der Waals surface area contributed by atoms with Gasteiger partial charge in [-0.1, -0.05) is 0 Å². The summed E-state index contributed by atoms with van der Waals surface area (Å²) in [7, 11) is 0. The highest BCUT2D eigenvalue weighted by Gasteiger charge is 2.03. The lowest BCUT2D eigenvalue weighted by atomic mass is 10.2. The van der Waals surface area contributed by atoms with Gasteiger partial charge in [-0.05, 0) is 36.4 Å². The molecule has 5 heteroatoms. The molecule has 2 aromatic carbocycles. The Morgan fingerprint density at radius 2 is 2.11 bits per heavy atom. The third-order valence-electron chi connectivity index (χ3n) is 2.79. The fourth-order valence-corrected chi connectivity index (χ4v) is 2.55. The van der Waals surface area contributed by atoms with E-state index in [-0.39, 0.29) is 0 Å². The zero-order valence-corrected chi connectivity index (χ0v) is 10.7. The summed E-state index contributed by atoms with van der Waals surface area (Å²) in [5, 5.41) is 12.1. The van der Waals surface area contributed by atoms with Crippen LogP contribution in [0.5, 0.6) is 0 Å². The van der Waals surface area contributed by atoms with Crippen LogP contribution in [0.25, 0.3) is 10.2 Å². The molecule has 0 amide bonds. The summed E-state index contributed by atoms with van der Waals surface area (Å²) in [4.78, 5) is 4.24. The smallest absolute Gasteiger partial charge is 0.0992 e. The van der Waals surface area contributed by atoms with Gasteiger partial charge in [-0.15, -0.1) is 11.3 Å². The van der Waals surface area contributed by atoms with Gasteiger partial charge in [0.05, 0.1) is 38.7 Å². The molecule has 0 radical (unpaired) electrons. The highest BCUT2D eigenvalue weighted by molar-refractivity contribution is 7.16. The Hall–Kier alpha value is -2.58. The Labute approximate surface area is 114 Å². The van der Waals surface area contributed by atoms with Gasteiger partial charge in [-0.2, -0.15) is 5.26 Å². The highest BCUT2D eigenvalue weighted by atomic mass is 32.1. The Bertz CT molecular complexity index is 785. The van der Waals surface area contributed by atoms with Crippen molar-refractivity contribution in [3.63, 3.8) is 0 Å². The molecule has 3 aromatic rings. The molecule has 0 fully saturated rings. The van der Waals surface area contributed by atoms with Gasteiger partial charge in [-0.3, -0.25) is 0 Å². The molecular weight excluding hydrogens is 256 g/mol. The summed E-state index contributed by atoms with van der Waals surface area (Å²) in [6.07, 6.45) is 0. The average molecular weight is 266 g/mol. The van der Waals surface area contributed by atoms with E-state index in [1.54, 1.807) is 23.5 Å². The van der Waals surface area contributed by atoms with Crippen LogP contribution in [-0.2, 0) is 0 Å². The standard InChI is InChI=1S/C14H10N4S/c15-7-9-1-3-12(11(16)5-9)18-10-2-4-13-14(6-10)19-8-17-13/h1-6,8,18H,16H2. The molecule has 0 aliphatic heterocycles. The van der Waals surface area contributed by atoms with Crippen LogP contribution in [-0.4, -0.2) is 4.98 Å². The van der Waals surface area contributed by atoms with Crippen LogP contribution in [0.1, 0.15) is 5.56 Å². The van der Waals surface area contributed by atoms with Gasteiger partial charge in [0, 0.05) is 5.69 Å². The van der Waals surface area contributed by atoms with Crippen LogP contribution in [0.3, 0.4) is 0 Å². The van der Waals surface area contributed by atoms with Gasteiger partial charge in [0.1, 0.15) is 0 Å². The molecule has 4 nitrogen and oxygen atoms in total. The van der Waals surface area contributed by atoms with Crippen LogP contribution in [0.4, 0.5) is 17.1 Å². The third-order valence-corrected chi connectivity index (χ3v) is 3.58. The predicted octanol–water partition coefficient (Wildman–Crippen LogP) is 3.49. The Morgan fingerprint density at radius 3 is 2.89 bits per heavy atom. The van der Waals surface area contributed by atoms with Crippen molar-refractivity contribution in [1.82, 2.24) is 4.98 Å². The largest absolute Gasteiger partial charge is 0.397 e. The topological polar surface area (TPSA) is 74.7 Å². The van der Waals surface area contributed by atoms with Gasteiger partial charge < -0.3 is 11.1 Å². The summed E-state index contributed by atoms with van der Waals surface area (Å²) in [6.45, 7) is 0. The molecule has 3 rings (SSSR count). The highest BCUT2D eigenvalue weighted by Crippen LogP contribution is 2.27. The molecule has 0 unspecified atom stereocenters. The van der Waals surface area contributed by atoms with Crippen molar-refractivity contribution in [2.45, 2.75) is 0 Å². The van der Waals surface area contributed by atoms with Crippen LogP contribution in [0, 0.1) is 11.3 Å². The Morgan fingerprint density at radius 1 is 1.21 bits per heavy atom. The van der Waals surface area contributed by atoms with Crippen LogP contribution < -0.4 is 11.1 Å². The Balaban J connectivity index is 1.94.